The minimum absolute atomic E-state index is 0.00334. The Balaban J connectivity index is 1.97. The predicted octanol–water partition coefficient (Wildman–Crippen LogP) is 7.65. The molecule has 0 bridgehead atoms. The number of fused-ring (bicyclic) bond motifs is 1. The second kappa shape index (κ2) is 8.19. The van der Waals surface area contributed by atoms with E-state index in [0.29, 0.717) is 10.9 Å². The van der Waals surface area contributed by atoms with Crippen LogP contribution in [-0.2, 0) is 0 Å². The molecule has 0 radical (unpaired) electrons. The van der Waals surface area contributed by atoms with Crippen LogP contribution in [0, 0.1) is 0 Å². The second-order valence-electron chi connectivity index (χ2n) is 6.30. The number of H-pyrrole nitrogens is 1. The van der Waals surface area contributed by atoms with Gasteiger partial charge in [0.05, 0.1) is 11.3 Å². The van der Waals surface area contributed by atoms with Gasteiger partial charge in [0.2, 0.25) is 0 Å². The highest BCUT2D eigenvalue weighted by molar-refractivity contribution is 9.11. The Morgan fingerprint density at radius 2 is 1.50 bits per heavy atom. The third kappa shape index (κ3) is 3.93. The topological polar surface area (TPSA) is 32.9 Å². The third-order valence-corrected chi connectivity index (χ3v) is 6.16. The first-order chi connectivity index (χ1) is 13.5. The molecule has 0 fully saturated rings. The van der Waals surface area contributed by atoms with E-state index in [1.807, 2.05) is 78.9 Å². The SMILES string of the molecule is O=c1c(-c2cc(Br)ccc2Br)c(/C=C/c2ccc(Br)cc2)[nH]c2ccccc12. The van der Waals surface area contributed by atoms with Crippen LogP contribution in [0.3, 0.4) is 0 Å². The van der Waals surface area contributed by atoms with Crippen molar-refractivity contribution in [3.05, 3.63) is 102 Å². The first-order valence-electron chi connectivity index (χ1n) is 8.57. The Morgan fingerprint density at radius 3 is 2.29 bits per heavy atom. The Morgan fingerprint density at radius 1 is 0.786 bits per heavy atom. The van der Waals surface area contributed by atoms with Crippen LogP contribution in [0.2, 0.25) is 0 Å². The van der Waals surface area contributed by atoms with Gasteiger partial charge in [0.25, 0.3) is 0 Å². The minimum atomic E-state index is 0.00334. The second-order valence-corrected chi connectivity index (χ2v) is 8.98. The number of halogens is 3. The molecule has 138 valence electrons. The van der Waals surface area contributed by atoms with Crippen molar-refractivity contribution >= 4 is 70.8 Å². The van der Waals surface area contributed by atoms with Crippen LogP contribution in [0.1, 0.15) is 11.3 Å². The van der Waals surface area contributed by atoms with Crippen molar-refractivity contribution in [1.82, 2.24) is 4.98 Å². The molecule has 0 saturated heterocycles. The van der Waals surface area contributed by atoms with Crippen molar-refractivity contribution in [2.24, 2.45) is 0 Å². The monoisotopic (exact) mass is 557 g/mol. The fraction of sp³-hybridized carbons (Fsp3) is 0. The smallest absolute Gasteiger partial charge is 0.197 e. The number of benzene rings is 3. The van der Waals surface area contributed by atoms with Crippen LogP contribution in [0.5, 0.6) is 0 Å². The number of aromatic nitrogens is 1. The van der Waals surface area contributed by atoms with E-state index >= 15 is 0 Å². The Labute approximate surface area is 187 Å². The van der Waals surface area contributed by atoms with E-state index in [4.69, 9.17) is 0 Å². The largest absolute Gasteiger partial charge is 0.354 e. The molecule has 0 aliphatic carbocycles. The summed E-state index contributed by atoms with van der Waals surface area (Å²) in [7, 11) is 0. The number of hydrogen-bond donors (Lipinski definition) is 1. The Kier molecular flexibility index (Phi) is 5.67. The maximum absolute atomic E-state index is 13.4. The molecular weight excluding hydrogens is 546 g/mol. The zero-order chi connectivity index (χ0) is 19.7. The number of rotatable bonds is 3. The summed E-state index contributed by atoms with van der Waals surface area (Å²) >= 11 is 10.6. The quantitative estimate of drug-likeness (QED) is 0.275. The number of aromatic amines is 1. The van der Waals surface area contributed by atoms with Gasteiger partial charge in [0, 0.05) is 29.9 Å². The van der Waals surface area contributed by atoms with Crippen LogP contribution in [0.15, 0.2) is 84.9 Å². The zero-order valence-corrected chi connectivity index (χ0v) is 19.3. The number of para-hydroxylation sites is 1. The molecule has 0 atom stereocenters. The van der Waals surface area contributed by atoms with Gasteiger partial charge in [-0.15, -0.1) is 0 Å². The lowest BCUT2D eigenvalue weighted by Crippen LogP contribution is -2.10. The van der Waals surface area contributed by atoms with Crippen LogP contribution >= 0.6 is 47.8 Å². The van der Waals surface area contributed by atoms with E-state index in [9.17, 15) is 4.79 Å². The van der Waals surface area contributed by atoms with Crippen molar-refractivity contribution in [2.75, 3.05) is 0 Å². The summed E-state index contributed by atoms with van der Waals surface area (Å²) in [5.41, 5.74) is 4.13. The highest BCUT2D eigenvalue weighted by Crippen LogP contribution is 2.32. The molecule has 1 N–H and O–H groups in total. The molecule has 28 heavy (non-hydrogen) atoms. The summed E-state index contributed by atoms with van der Waals surface area (Å²) in [6.45, 7) is 0. The molecule has 4 rings (SSSR count). The van der Waals surface area contributed by atoms with Gasteiger partial charge in [-0.3, -0.25) is 4.79 Å². The van der Waals surface area contributed by atoms with E-state index in [-0.39, 0.29) is 5.43 Å². The summed E-state index contributed by atoms with van der Waals surface area (Å²) in [4.78, 5) is 16.8. The lowest BCUT2D eigenvalue weighted by atomic mass is 10.00. The van der Waals surface area contributed by atoms with Crippen molar-refractivity contribution in [1.29, 1.82) is 0 Å². The molecule has 5 heteroatoms. The molecule has 2 nitrogen and oxygen atoms in total. The van der Waals surface area contributed by atoms with E-state index in [0.717, 1.165) is 35.8 Å². The van der Waals surface area contributed by atoms with Gasteiger partial charge in [-0.1, -0.05) is 78.1 Å². The summed E-state index contributed by atoms with van der Waals surface area (Å²) in [5, 5.41) is 0.671. The number of hydrogen-bond acceptors (Lipinski definition) is 1. The van der Waals surface area contributed by atoms with Crippen molar-refractivity contribution < 1.29 is 0 Å². The summed E-state index contributed by atoms with van der Waals surface area (Å²) in [5.74, 6) is 0. The first kappa shape index (κ1) is 19.4. The zero-order valence-electron chi connectivity index (χ0n) is 14.5. The first-order valence-corrected chi connectivity index (χ1v) is 10.9. The predicted molar refractivity (Wildman–Crippen MR) is 128 cm³/mol. The van der Waals surface area contributed by atoms with E-state index < -0.39 is 0 Å². The van der Waals surface area contributed by atoms with E-state index in [1.54, 1.807) is 0 Å². The molecule has 0 amide bonds. The average Bonchev–Trinajstić information content (AvgIpc) is 2.70. The minimum Gasteiger partial charge on any atom is -0.354 e. The van der Waals surface area contributed by atoms with E-state index in [1.165, 1.54) is 0 Å². The standard InChI is InChI=1S/C23H14Br3NO/c24-15-8-5-14(6-9-15)7-12-21-22(18-13-16(25)10-11-19(18)26)23(28)17-3-1-2-4-20(17)27-21/h1-13H,(H,27,28)/b12-7+. The average molecular weight is 560 g/mol. The highest BCUT2D eigenvalue weighted by atomic mass is 79.9. The van der Waals surface area contributed by atoms with Crippen LogP contribution in [0.4, 0.5) is 0 Å². The molecule has 1 aromatic heterocycles. The molecule has 0 saturated carbocycles. The van der Waals surface area contributed by atoms with Crippen molar-refractivity contribution in [3.63, 3.8) is 0 Å². The van der Waals surface area contributed by atoms with Crippen molar-refractivity contribution in [3.8, 4) is 11.1 Å². The van der Waals surface area contributed by atoms with Gasteiger partial charge in [-0.25, -0.2) is 0 Å². The van der Waals surface area contributed by atoms with Crippen LogP contribution < -0.4 is 5.43 Å². The molecule has 0 unspecified atom stereocenters. The normalized spacial score (nSPS) is 11.4. The summed E-state index contributed by atoms with van der Waals surface area (Å²) < 4.78 is 2.82. The van der Waals surface area contributed by atoms with Gasteiger partial charge < -0.3 is 4.98 Å². The van der Waals surface area contributed by atoms with Gasteiger partial charge in [-0.2, -0.15) is 0 Å². The molecule has 0 spiro atoms. The maximum Gasteiger partial charge on any atom is 0.197 e. The number of pyridine rings is 1. The third-order valence-electron chi connectivity index (χ3n) is 4.45. The van der Waals surface area contributed by atoms with E-state index in [2.05, 4.69) is 52.8 Å². The summed E-state index contributed by atoms with van der Waals surface area (Å²) in [6, 6.07) is 21.5. The molecule has 0 aliphatic rings. The Hall–Kier alpha value is -1.95. The van der Waals surface area contributed by atoms with Gasteiger partial charge in [0.15, 0.2) is 5.43 Å². The Bertz CT molecular complexity index is 1260. The van der Waals surface area contributed by atoms with Gasteiger partial charge in [-0.05, 0) is 54.1 Å². The fourth-order valence-electron chi connectivity index (χ4n) is 3.09. The molecular formula is C23H14Br3NO. The lowest BCUT2D eigenvalue weighted by Gasteiger charge is -2.11. The lowest BCUT2D eigenvalue weighted by molar-refractivity contribution is 1.34. The van der Waals surface area contributed by atoms with Gasteiger partial charge >= 0.3 is 0 Å². The molecule has 3 aromatic carbocycles. The summed E-state index contributed by atoms with van der Waals surface area (Å²) in [6.07, 6.45) is 3.96. The van der Waals surface area contributed by atoms with Gasteiger partial charge in [0.1, 0.15) is 0 Å². The molecule has 0 aliphatic heterocycles. The fourth-order valence-corrected chi connectivity index (χ4v) is 4.16. The van der Waals surface area contributed by atoms with Crippen molar-refractivity contribution in [2.45, 2.75) is 0 Å². The molecule has 4 aromatic rings. The number of nitrogens with one attached hydrogen (secondary N) is 1. The maximum atomic E-state index is 13.4. The highest BCUT2D eigenvalue weighted by Gasteiger charge is 2.15. The van der Waals surface area contributed by atoms with Crippen LogP contribution in [0.25, 0.3) is 34.2 Å². The molecule has 1 heterocycles. The van der Waals surface area contributed by atoms with Crippen LogP contribution in [-0.4, -0.2) is 4.98 Å².